The first-order valence-corrected chi connectivity index (χ1v) is 10.3. The van der Waals surface area contributed by atoms with Gasteiger partial charge in [0.25, 0.3) is 0 Å². The van der Waals surface area contributed by atoms with Gasteiger partial charge in [0.1, 0.15) is 6.61 Å². The normalized spacial score (nSPS) is 11.5. The van der Waals surface area contributed by atoms with Crippen molar-refractivity contribution in [2.45, 2.75) is 45.4 Å². The Morgan fingerprint density at radius 3 is 1.92 bits per heavy atom. The number of nitrogens with zero attached hydrogens (tertiary/aromatic N) is 1. The van der Waals surface area contributed by atoms with Crippen molar-refractivity contribution in [2.24, 2.45) is 0 Å². The topological polar surface area (TPSA) is 14.2 Å². The lowest BCUT2D eigenvalue weighted by atomic mass is 10.1. The zero-order valence-corrected chi connectivity index (χ0v) is 17.2. The van der Waals surface area contributed by atoms with Crippen molar-refractivity contribution >= 4 is 53.7 Å². The minimum Gasteiger partial charge on any atom is -0.413 e. The van der Waals surface area contributed by atoms with Gasteiger partial charge in [-0.25, -0.2) is 0 Å². The number of hydrogen-bond donors (Lipinski definition) is 0. The second-order valence-corrected chi connectivity index (χ2v) is 8.05. The fourth-order valence-electron chi connectivity index (χ4n) is 3.11. The molecule has 0 fully saturated rings. The molecule has 3 rings (SSSR count). The van der Waals surface area contributed by atoms with Crippen molar-refractivity contribution in [3.05, 3.63) is 45.3 Å². The maximum absolute atomic E-state index is 6.16. The fourth-order valence-corrected chi connectivity index (χ4v) is 3.81. The molecule has 2 aromatic carbocycles. The molecule has 0 radical (unpaired) electrons. The van der Waals surface area contributed by atoms with E-state index < -0.39 is 0 Å². The molecule has 4 heteroatoms. The van der Waals surface area contributed by atoms with E-state index >= 15 is 0 Å². The molecule has 0 spiro atoms. The number of halogens is 2. The Kier molecular flexibility index (Phi) is 6.23. The molecule has 0 aliphatic heterocycles. The SMILES string of the molecule is CCCCCCCCOn1c2cc(Br)ccc2c2ccc(Br)cc21. The fraction of sp³-hybridized carbons (Fsp3) is 0.400. The molecule has 0 saturated heterocycles. The number of unbranched alkanes of at least 4 members (excludes halogenated alkanes) is 5. The Morgan fingerprint density at radius 1 is 0.792 bits per heavy atom. The van der Waals surface area contributed by atoms with E-state index in [9.17, 15) is 0 Å². The highest BCUT2D eigenvalue weighted by atomic mass is 79.9. The highest BCUT2D eigenvalue weighted by Gasteiger charge is 2.12. The highest BCUT2D eigenvalue weighted by molar-refractivity contribution is 9.10. The Morgan fingerprint density at radius 2 is 1.33 bits per heavy atom. The van der Waals surface area contributed by atoms with Crippen LogP contribution in [-0.2, 0) is 0 Å². The summed E-state index contributed by atoms with van der Waals surface area (Å²) in [6.45, 7) is 3.01. The number of aromatic nitrogens is 1. The summed E-state index contributed by atoms with van der Waals surface area (Å²) in [4.78, 5) is 6.16. The van der Waals surface area contributed by atoms with Gasteiger partial charge in [0.2, 0.25) is 0 Å². The maximum Gasteiger partial charge on any atom is 0.115 e. The zero-order valence-electron chi connectivity index (χ0n) is 14.0. The Hall–Kier alpha value is -1.00. The standard InChI is InChI=1S/C20H23Br2NO/c1-2-3-4-5-6-7-12-24-23-19-13-15(21)8-10-17(19)18-11-9-16(22)14-20(18)23/h8-11,13-14H,2-7,12H2,1H3. The summed E-state index contributed by atoms with van der Waals surface area (Å²) >= 11 is 7.15. The Labute approximate surface area is 160 Å². The molecule has 1 heterocycles. The predicted molar refractivity (Wildman–Crippen MR) is 110 cm³/mol. The van der Waals surface area contributed by atoms with Crippen molar-refractivity contribution in [1.29, 1.82) is 0 Å². The van der Waals surface area contributed by atoms with Gasteiger partial charge in [-0.15, -0.1) is 0 Å². The van der Waals surface area contributed by atoms with E-state index in [0.717, 1.165) is 33.0 Å². The largest absolute Gasteiger partial charge is 0.413 e. The van der Waals surface area contributed by atoms with E-state index in [0.29, 0.717) is 0 Å². The third-order valence-corrected chi connectivity index (χ3v) is 5.35. The molecule has 0 unspecified atom stereocenters. The number of hydrogen-bond acceptors (Lipinski definition) is 1. The van der Waals surface area contributed by atoms with Crippen LogP contribution in [0.1, 0.15) is 45.4 Å². The molecule has 0 saturated carbocycles. The van der Waals surface area contributed by atoms with E-state index in [4.69, 9.17) is 4.84 Å². The summed E-state index contributed by atoms with van der Waals surface area (Å²) in [5.74, 6) is 0. The summed E-state index contributed by atoms with van der Waals surface area (Å²) in [6.07, 6.45) is 7.63. The van der Waals surface area contributed by atoms with Crippen molar-refractivity contribution in [3.63, 3.8) is 0 Å². The molecule has 3 aromatic rings. The number of rotatable bonds is 8. The summed E-state index contributed by atoms with van der Waals surface area (Å²) in [5.41, 5.74) is 2.23. The third kappa shape index (κ3) is 3.97. The van der Waals surface area contributed by atoms with Crippen LogP contribution in [0.2, 0.25) is 0 Å². The van der Waals surface area contributed by atoms with Crippen molar-refractivity contribution in [2.75, 3.05) is 6.61 Å². The number of benzene rings is 2. The molecule has 0 amide bonds. The zero-order chi connectivity index (χ0) is 16.9. The quantitative estimate of drug-likeness (QED) is 0.332. The second-order valence-electron chi connectivity index (χ2n) is 6.22. The molecule has 0 atom stereocenters. The average Bonchev–Trinajstić information content (AvgIpc) is 2.86. The van der Waals surface area contributed by atoms with Crippen LogP contribution in [-0.4, -0.2) is 11.3 Å². The average molecular weight is 453 g/mol. The van der Waals surface area contributed by atoms with Crippen LogP contribution in [0.25, 0.3) is 21.8 Å². The second kappa shape index (κ2) is 8.39. The van der Waals surface area contributed by atoms with Gasteiger partial charge in [0.05, 0.1) is 11.0 Å². The summed E-state index contributed by atoms with van der Waals surface area (Å²) in [5, 5.41) is 2.45. The van der Waals surface area contributed by atoms with Gasteiger partial charge < -0.3 is 4.84 Å². The first-order chi connectivity index (χ1) is 11.7. The van der Waals surface area contributed by atoms with Gasteiger partial charge in [-0.2, -0.15) is 4.73 Å². The molecule has 2 nitrogen and oxygen atoms in total. The molecule has 24 heavy (non-hydrogen) atoms. The maximum atomic E-state index is 6.16. The Balaban J connectivity index is 1.79. The molecule has 0 aliphatic rings. The van der Waals surface area contributed by atoms with Crippen LogP contribution >= 0.6 is 31.9 Å². The van der Waals surface area contributed by atoms with Gasteiger partial charge in [-0.05, 0) is 37.1 Å². The summed E-state index contributed by atoms with van der Waals surface area (Å²) in [6, 6.07) is 12.7. The van der Waals surface area contributed by atoms with Gasteiger partial charge in [-0.3, -0.25) is 0 Å². The molecule has 0 aliphatic carbocycles. The van der Waals surface area contributed by atoms with Crippen LogP contribution in [0.5, 0.6) is 0 Å². The molecule has 0 N–H and O–H groups in total. The predicted octanol–water partition coefficient (Wildman–Crippen LogP) is 7.11. The van der Waals surface area contributed by atoms with E-state index in [1.54, 1.807) is 0 Å². The van der Waals surface area contributed by atoms with Crippen LogP contribution in [0.3, 0.4) is 0 Å². The molecule has 0 bridgehead atoms. The van der Waals surface area contributed by atoms with E-state index in [2.05, 4.69) is 75.2 Å². The van der Waals surface area contributed by atoms with Crippen LogP contribution in [0.4, 0.5) is 0 Å². The first-order valence-electron chi connectivity index (χ1n) is 8.73. The highest BCUT2D eigenvalue weighted by Crippen LogP contribution is 2.32. The minimum atomic E-state index is 0.754. The lowest BCUT2D eigenvalue weighted by molar-refractivity contribution is 0.125. The molecule has 1 aromatic heterocycles. The monoisotopic (exact) mass is 451 g/mol. The van der Waals surface area contributed by atoms with Crippen LogP contribution in [0.15, 0.2) is 45.3 Å². The van der Waals surface area contributed by atoms with Crippen molar-refractivity contribution in [1.82, 2.24) is 4.73 Å². The van der Waals surface area contributed by atoms with E-state index in [1.165, 1.54) is 42.9 Å². The van der Waals surface area contributed by atoms with Crippen molar-refractivity contribution < 1.29 is 4.84 Å². The lowest BCUT2D eigenvalue weighted by Crippen LogP contribution is -2.12. The van der Waals surface area contributed by atoms with Crippen LogP contribution in [0, 0.1) is 0 Å². The van der Waals surface area contributed by atoms with E-state index in [-0.39, 0.29) is 0 Å². The molecular weight excluding hydrogens is 430 g/mol. The van der Waals surface area contributed by atoms with Gasteiger partial charge in [0.15, 0.2) is 0 Å². The lowest BCUT2D eigenvalue weighted by Gasteiger charge is -2.10. The Bertz CT molecular complexity index is 766. The van der Waals surface area contributed by atoms with E-state index in [1.807, 2.05) is 4.73 Å². The smallest absolute Gasteiger partial charge is 0.115 e. The summed E-state index contributed by atoms with van der Waals surface area (Å²) in [7, 11) is 0. The van der Waals surface area contributed by atoms with Gasteiger partial charge in [-0.1, -0.05) is 76.6 Å². The van der Waals surface area contributed by atoms with Crippen LogP contribution < -0.4 is 4.84 Å². The summed E-state index contributed by atoms with van der Waals surface area (Å²) < 4.78 is 4.13. The van der Waals surface area contributed by atoms with Gasteiger partial charge >= 0.3 is 0 Å². The number of fused-ring (bicyclic) bond motifs is 3. The third-order valence-electron chi connectivity index (χ3n) is 4.37. The molecule has 128 valence electrons. The first kappa shape index (κ1) is 17.8. The minimum absolute atomic E-state index is 0.754. The van der Waals surface area contributed by atoms with Gasteiger partial charge in [0, 0.05) is 19.7 Å². The van der Waals surface area contributed by atoms with Crippen molar-refractivity contribution in [3.8, 4) is 0 Å². The molecular formula is C20H23Br2NO.